The molecule has 1 saturated heterocycles. The highest BCUT2D eigenvalue weighted by Gasteiger charge is 2.29. The summed E-state index contributed by atoms with van der Waals surface area (Å²) in [4.78, 5) is 1.51. The molecular formula is C13H22N2O2S3. The fourth-order valence-corrected chi connectivity index (χ4v) is 6.01. The third kappa shape index (κ3) is 3.98. The summed E-state index contributed by atoms with van der Waals surface area (Å²) in [5, 5.41) is 5.45. The van der Waals surface area contributed by atoms with Crippen molar-refractivity contribution in [2.24, 2.45) is 0 Å². The lowest BCUT2D eigenvalue weighted by molar-refractivity contribution is 0.424. The van der Waals surface area contributed by atoms with Gasteiger partial charge >= 0.3 is 0 Å². The van der Waals surface area contributed by atoms with Gasteiger partial charge in [-0.2, -0.15) is 16.1 Å². The van der Waals surface area contributed by atoms with Gasteiger partial charge in [0, 0.05) is 46.9 Å². The Hall–Kier alpha value is -0.0800. The SMILES string of the molecule is CC(C)NCc1cc(S(=O)(=O)N2CCSC(C)C2)cs1. The molecule has 2 rings (SSSR count). The van der Waals surface area contributed by atoms with Crippen molar-refractivity contribution in [2.45, 2.75) is 43.5 Å². The zero-order valence-corrected chi connectivity index (χ0v) is 14.6. The quantitative estimate of drug-likeness (QED) is 0.898. The van der Waals surface area contributed by atoms with Crippen molar-refractivity contribution >= 4 is 33.1 Å². The average Bonchev–Trinajstić information content (AvgIpc) is 2.86. The lowest BCUT2D eigenvalue weighted by Crippen LogP contribution is -2.40. The van der Waals surface area contributed by atoms with Crippen LogP contribution in [0.25, 0.3) is 0 Å². The standard InChI is InChI=1S/C13H22N2O2S3/c1-10(2)14-7-12-6-13(9-19-12)20(16,17)15-4-5-18-11(3)8-15/h6,9-11,14H,4-5,7-8H2,1-3H3. The Balaban J connectivity index is 2.09. The number of thioether (sulfide) groups is 1. The van der Waals surface area contributed by atoms with Crippen LogP contribution < -0.4 is 5.32 Å². The van der Waals surface area contributed by atoms with Crippen LogP contribution in [-0.2, 0) is 16.6 Å². The second-order valence-electron chi connectivity index (χ2n) is 5.33. The molecule has 0 spiro atoms. The van der Waals surface area contributed by atoms with E-state index < -0.39 is 10.0 Å². The van der Waals surface area contributed by atoms with Gasteiger partial charge in [-0.05, 0) is 6.07 Å². The summed E-state index contributed by atoms with van der Waals surface area (Å²) >= 11 is 3.35. The fraction of sp³-hybridized carbons (Fsp3) is 0.692. The number of rotatable bonds is 5. The van der Waals surface area contributed by atoms with Gasteiger partial charge in [0.2, 0.25) is 10.0 Å². The summed E-state index contributed by atoms with van der Waals surface area (Å²) in [5.41, 5.74) is 0. The van der Waals surface area contributed by atoms with E-state index in [0.717, 1.165) is 17.2 Å². The van der Waals surface area contributed by atoms with E-state index in [1.165, 1.54) is 11.3 Å². The molecule has 2 heterocycles. The maximum Gasteiger partial charge on any atom is 0.243 e. The first kappa shape index (κ1) is 16.3. The van der Waals surface area contributed by atoms with Crippen LogP contribution in [0.15, 0.2) is 16.3 Å². The molecule has 1 aromatic heterocycles. The monoisotopic (exact) mass is 334 g/mol. The Morgan fingerprint density at radius 1 is 1.50 bits per heavy atom. The Bertz CT molecular complexity index is 540. The van der Waals surface area contributed by atoms with Crippen LogP contribution in [0.4, 0.5) is 0 Å². The molecule has 1 atom stereocenters. The van der Waals surface area contributed by atoms with E-state index in [1.54, 1.807) is 9.69 Å². The highest BCUT2D eigenvalue weighted by Crippen LogP contribution is 2.27. The van der Waals surface area contributed by atoms with Crippen LogP contribution in [0.5, 0.6) is 0 Å². The molecule has 0 amide bonds. The molecule has 4 nitrogen and oxygen atoms in total. The van der Waals surface area contributed by atoms with Gasteiger partial charge in [-0.15, -0.1) is 11.3 Å². The van der Waals surface area contributed by atoms with Crippen LogP contribution in [0.3, 0.4) is 0 Å². The molecule has 1 aliphatic heterocycles. The first-order chi connectivity index (χ1) is 9.39. The van der Waals surface area contributed by atoms with Crippen molar-refractivity contribution in [3.05, 3.63) is 16.3 Å². The topological polar surface area (TPSA) is 49.4 Å². The van der Waals surface area contributed by atoms with Crippen molar-refractivity contribution in [2.75, 3.05) is 18.8 Å². The average molecular weight is 335 g/mol. The van der Waals surface area contributed by atoms with Crippen molar-refractivity contribution in [3.8, 4) is 0 Å². The predicted octanol–water partition coefficient (Wildman–Crippen LogP) is 2.37. The Labute approximate surface area is 130 Å². The fourth-order valence-electron chi connectivity index (χ4n) is 2.05. The van der Waals surface area contributed by atoms with Crippen LogP contribution >= 0.6 is 23.1 Å². The van der Waals surface area contributed by atoms with E-state index in [1.807, 2.05) is 17.8 Å². The lowest BCUT2D eigenvalue weighted by Gasteiger charge is -2.29. The Morgan fingerprint density at radius 3 is 2.90 bits per heavy atom. The molecule has 1 aliphatic rings. The second kappa shape index (κ2) is 6.79. The van der Waals surface area contributed by atoms with Gasteiger partial charge in [0.25, 0.3) is 0 Å². The number of nitrogens with one attached hydrogen (secondary N) is 1. The van der Waals surface area contributed by atoms with E-state index in [0.29, 0.717) is 29.3 Å². The minimum absolute atomic E-state index is 0.374. The predicted molar refractivity (Wildman–Crippen MR) is 87.0 cm³/mol. The van der Waals surface area contributed by atoms with Crippen LogP contribution in [0.2, 0.25) is 0 Å². The summed E-state index contributed by atoms with van der Waals surface area (Å²) < 4.78 is 26.8. The molecule has 1 fully saturated rings. The minimum atomic E-state index is -3.31. The number of nitrogens with zero attached hydrogens (tertiary/aromatic N) is 1. The summed E-state index contributed by atoms with van der Waals surface area (Å²) in [6, 6.07) is 2.21. The van der Waals surface area contributed by atoms with Gasteiger partial charge < -0.3 is 5.32 Å². The molecule has 114 valence electrons. The smallest absolute Gasteiger partial charge is 0.243 e. The zero-order valence-electron chi connectivity index (χ0n) is 12.1. The number of sulfonamides is 1. The van der Waals surface area contributed by atoms with Gasteiger partial charge in [0.05, 0.1) is 4.90 Å². The van der Waals surface area contributed by atoms with Crippen molar-refractivity contribution in [1.82, 2.24) is 9.62 Å². The molecule has 0 aliphatic carbocycles. The van der Waals surface area contributed by atoms with Gasteiger partial charge in [-0.3, -0.25) is 0 Å². The van der Waals surface area contributed by atoms with E-state index in [9.17, 15) is 8.42 Å². The highest BCUT2D eigenvalue weighted by atomic mass is 32.2. The first-order valence-corrected chi connectivity index (χ1v) is 10.2. The van der Waals surface area contributed by atoms with Gasteiger partial charge in [-0.25, -0.2) is 8.42 Å². The first-order valence-electron chi connectivity index (χ1n) is 6.82. The highest BCUT2D eigenvalue weighted by molar-refractivity contribution is 8.00. The summed E-state index contributed by atoms with van der Waals surface area (Å²) in [6.07, 6.45) is 0. The van der Waals surface area contributed by atoms with E-state index in [2.05, 4.69) is 26.1 Å². The maximum atomic E-state index is 12.6. The third-order valence-corrected chi connectivity index (χ3v) is 7.22. The van der Waals surface area contributed by atoms with Crippen LogP contribution in [0, 0.1) is 0 Å². The van der Waals surface area contributed by atoms with Gasteiger partial charge in [0.1, 0.15) is 0 Å². The molecule has 0 aromatic carbocycles. The van der Waals surface area contributed by atoms with E-state index >= 15 is 0 Å². The molecule has 1 aromatic rings. The minimum Gasteiger partial charge on any atom is -0.310 e. The molecule has 20 heavy (non-hydrogen) atoms. The number of hydrogen-bond acceptors (Lipinski definition) is 5. The number of hydrogen-bond donors (Lipinski definition) is 1. The summed E-state index contributed by atoms with van der Waals surface area (Å²) in [7, 11) is -3.31. The van der Waals surface area contributed by atoms with Crippen LogP contribution in [-0.4, -0.2) is 42.9 Å². The number of thiophene rings is 1. The summed E-state index contributed by atoms with van der Waals surface area (Å²) in [5.74, 6) is 0.881. The maximum absolute atomic E-state index is 12.6. The summed E-state index contributed by atoms with van der Waals surface area (Å²) in [6.45, 7) is 8.20. The lowest BCUT2D eigenvalue weighted by atomic mass is 10.4. The largest absolute Gasteiger partial charge is 0.310 e. The van der Waals surface area contributed by atoms with Crippen molar-refractivity contribution < 1.29 is 8.42 Å². The van der Waals surface area contributed by atoms with Crippen molar-refractivity contribution in [1.29, 1.82) is 0 Å². The molecule has 0 bridgehead atoms. The zero-order chi connectivity index (χ0) is 14.8. The van der Waals surface area contributed by atoms with Gasteiger partial charge in [0.15, 0.2) is 0 Å². The molecule has 7 heteroatoms. The third-order valence-electron chi connectivity index (χ3n) is 3.16. The Kier molecular flexibility index (Phi) is 5.53. The normalized spacial score (nSPS) is 21.5. The Morgan fingerprint density at radius 2 is 2.25 bits per heavy atom. The van der Waals surface area contributed by atoms with E-state index in [-0.39, 0.29) is 0 Å². The molecular weight excluding hydrogens is 312 g/mol. The molecule has 0 saturated carbocycles. The van der Waals surface area contributed by atoms with Crippen LogP contribution in [0.1, 0.15) is 25.6 Å². The second-order valence-corrected chi connectivity index (χ2v) is 9.81. The molecule has 1 unspecified atom stereocenters. The van der Waals surface area contributed by atoms with E-state index in [4.69, 9.17) is 0 Å². The molecule has 1 N–H and O–H groups in total. The van der Waals surface area contributed by atoms with Crippen molar-refractivity contribution in [3.63, 3.8) is 0 Å². The van der Waals surface area contributed by atoms with Gasteiger partial charge in [-0.1, -0.05) is 20.8 Å². The molecule has 0 radical (unpaired) electrons.